The first-order valence-electron chi connectivity index (χ1n) is 14.9. The highest BCUT2D eigenvalue weighted by Crippen LogP contribution is 2.33. The number of piperidine rings is 1. The first kappa shape index (κ1) is 29.4. The SMILES string of the molecule is Cc1c(NC(=O)c2cc3c(s2)CCCC3)cccc1-c1cn(C)c(=O)c(Nc2ccc(N3CCCC(C(=O)O)C3)c(N)c2)n1. The third-order valence-electron chi connectivity index (χ3n) is 8.55. The van der Waals surface area contributed by atoms with Gasteiger partial charge in [0.1, 0.15) is 0 Å². The largest absolute Gasteiger partial charge is 0.481 e. The normalized spacial score (nSPS) is 16.3. The predicted molar refractivity (Wildman–Crippen MR) is 175 cm³/mol. The van der Waals surface area contributed by atoms with Crippen LogP contribution in [0.15, 0.2) is 53.5 Å². The molecular formula is C33H36N6O4S. The molecule has 1 fully saturated rings. The number of aromatic nitrogens is 2. The monoisotopic (exact) mass is 612 g/mol. The standard InChI is InChI=1S/C33H36N6O4S/c1-19-23(9-5-10-25(19)37-31(40)29-15-20-7-3-4-11-28(20)44-29)26-18-38(2)32(41)30(36-26)35-22-12-13-27(24(34)16-22)39-14-6-8-21(17-39)33(42)43/h5,9-10,12-13,15-16,18,21H,3-4,6-8,11,14,17,34H2,1-2H3,(H,35,36)(H,37,40)(H,42,43). The first-order chi connectivity index (χ1) is 21.2. The molecule has 10 nitrogen and oxygen atoms in total. The molecule has 228 valence electrons. The average molecular weight is 613 g/mol. The zero-order valence-corrected chi connectivity index (χ0v) is 25.7. The summed E-state index contributed by atoms with van der Waals surface area (Å²) in [5.74, 6) is -1.20. The number of nitrogens with one attached hydrogen (secondary N) is 2. The van der Waals surface area contributed by atoms with Crippen LogP contribution in [0.2, 0.25) is 0 Å². The molecule has 0 saturated carbocycles. The minimum absolute atomic E-state index is 0.121. The Morgan fingerprint density at radius 1 is 1.11 bits per heavy atom. The van der Waals surface area contributed by atoms with E-state index in [0.717, 1.165) is 47.5 Å². The Hall–Kier alpha value is -4.64. The molecule has 0 bridgehead atoms. The zero-order chi connectivity index (χ0) is 31.0. The molecule has 44 heavy (non-hydrogen) atoms. The van der Waals surface area contributed by atoms with E-state index in [0.29, 0.717) is 35.7 Å². The highest BCUT2D eigenvalue weighted by Gasteiger charge is 2.26. The smallest absolute Gasteiger partial charge is 0.308 e. The van der Waals surface area contributed by atoms with Crippen molar-refractivity contribution in [3.8, 4) is 11.3 Å². The van der Waals surface area contributed by atoms with Gasteiger partial charge < -0.3 is 30.9 Å². The Balaban J connectivity index is 1.23. The lowest BCUT2D eigenvalue weighted by atomic mass is 9.97. The van der Waals surface area contributed by atoms with E-state index in [1.54, 1.807) is 30.6 Å². The van der Waals surface area contributed by atoms with Gasteiger partial charge >= 0.3 is 5.97 Å². The summed E-state index contributed by atoms with van der Waals surface area (Å²) in [4.78, 5) is 46.5. The number of hydrogen-bond acceptors (Lipinski definition) is 8. The third kappa shape index (κ3) is 5.92. The number of aliphatic carboxylic acids is 1. The van der Waals surface area contributed by atoms with Crippen LogP contribution in [0.1, 0.15) is 51.4 Å². The van der Waals surface area contributed by atoms with E-state index in [9.17, 15) is 19.5 Å². The van der Waals surface area contributed by atoms with E-state index in [1.165, 1.54) is 27.8 Å². The van der Waals surface area contributed by atoms with Crippen molar-refractivity contribution in [2.75, 3.05) is 34.4 Å². The molecule has 2 aromatic heterocycles. The Kier molecular flexibility index (Phi) is 8.13. The molecule has 3 heterocycles. The van der Waals surface area contributed by atoms with Gasteiger partial charge in [-0.25, -0.2) is 4.98 Å². The fourth-order valence-electron chi connectivity index (χ4n) is 6.11. The lowest BCUT2D eigenvalue weighted by Gasteiger charge is -2.33. The van der Waals surface area contributed by atoms with Crippen LogP contribution in [-0.4, -0.2) is 39.6 Å². The molecular weight excluding hydrogens is 576 g/mol. The number of carboxylic acid groups (broad SMARTS) is 1. The zero-order valence-electron chi connectivity index (χ0n) is 24.9. The van der Waals surface area contributed by atoms with Crippen LogP contribution in [0.5, 0.6) is 0 Å². The fraction of sp³-hybridized carbons (Fsp3) is 0.333. The number of carboxylic acids is 1. The molecule has 0 spiro atoms. The van der Waals surface area contributed by atoms with Crippen LogP contribution in [0, 0.1) is 12.8 Å². The summed E-state index contributed by atoms with van der Waals surface area (Å²) in [5, 5.41) is 15.7. The summed E-state index contributed by atoms with van der Waals surface area (Å²) in [6, 6.07) is 13.1. The minimum Gasteiger partial charge on any atom is -0.481 e. The number of carbonyl (C=O) groups excluding carboxylic acids is 1. The molecule has 1 aliphatic heterocycles. The summed E-state index contributed by atoms with van der Waals surface area (Å²) in [6.07, 6.45) is 7.53. The second-order valence-corrected chi connectivity index (χ2v) is 12.7. The Morgan fingerprint density at radius 3 is 2.70 bits per heavy atom. The predicted octanol–water partition coefficient (Wildman–Crippen LogP) is 5.58. The number of nitrogens with zero attached hydrogens (tertiary/aromatic N) is 3. The van der Waals surface area contributed by atoms with Crippen LogP contribution in [0.3, 0.4) is 0 Å². The number of carbonyl (C=O) groups is 2. The van der Waals surface area contributed by atoms with Gasteiger partial charge in [-0.3, -0.25) is 14.4 Å². The van der Waals surface area contributed by atoms with Crippen LogP contribution in [0.25, 0.3) is 11.3 Å². The number of amides is 1. The lowest BCUT2D eigenvalue weighted by molar-refractivity contribution is -0.141. The molecule has 4 aromatic rings. The van der Waals surface area contributed by atoms with Crippen LogP contribution >= 0.6 is 11.3 Å². The second-order valence-electron chi connectivity index (χ2n) is 11.6. The number of nitrogens with two attached hydrogens (primary N) is 1. The van der Waals surface area contributed by atoms with Gasteiger partial charge in [-0.15, -0.1) is 11.3 Å². The van der Waals surface area contributed by atoms with E-state index in [1.807, 2.05) is 48.2 Å². The number of benzene rings is 2. The highest BCUT2D eigenvalue weighted by atomic mass is 32.1. The number of anilines is 5. The van der Waals surface area contributed by atoms with Gasteiger partial charge in [-0.1, -0.05) is 12.1 Å². The summed E-state index contributed by atoms with van der Waals surface area (Å²) in [6.45, 7) is 3.07. The maximum absolute atomic E-state index is 13.2. The van der Waals surface area contributed by atoms with Crippen molar-refractivity contribution in [1.82, 2.24) is 9.55 Å². The summed E-state index contributed by atoms with van der Waals surface area (Å²) in [7, 11) is 1.67. The molecule has 11 heteroatoms. The Labute approximate surface area is 259 Å². The minimum atomic E-state index is -0.794. The van der Waals surface area contributed by atoms with Crippen molar-refractivity contribution in [3.63, 3.8) is 0 Å². The molecule has 1 aliphatic carbocycles. The van der Waals surface area contributed by atoms with Crippen molar-refractivity contribution >= 4 is 51.8 Å². The number of fused-ring (bicyclic) bond motifs is 1. The maximum atomic E-state index is 13.2. The quantitative estimate of drug-likeness (QED) is 0.198. The third-order valence-corrected chi connectivity index (χ3v) is 9.79. The van der Waals surface area contributed by atoms with Crippen molar-refractivity contribution < 1.29 is 14.7 Å². The number of rotatable bonds is 7. The molecule has 0 radical (unpaired) electrons. The number of thiophene rings is 1. The van der Waals surface area contributed by atoms with E-state index < -0.39 is 11.9 Å². The van der Waals surface area contributed by atoms with Crippen LogP contribution < -0.4 is 26.8 Å². The molecule has 1 atom stereocenters. The van der Waals surface area contributed by atoms with Gasteiger partial charge in [0, 0.05) is 48.1 Å². The van der Waals surface area contributed by atoms with E-state index in [2.05, 4.69) is 15.6 Å². The van der Waals surface area contributed by atoms with Crippen molar-refractivity contribution in [3.05, 3.63) is 79.9 Å². The molecule has 5 N–H and O–H groups in total. The molecule has 1 unspecified atom stereocenters. The van der Waals surface area contributed by atoms with Crippen molar-refractivity contribution in [2.45, 2.75) is 45.4 Å². The molecule has 6 rings (SSSR count). The Morgan fingerprint density at radius 2 is 1.93 bits per heavy atom. The first-order valence-corrected chi connectivity index (χ1v) is 15.7. The highest BCUT2D eigenvalue weighted by molar-refractivity contribution is 7.14. The number of nitrogen functional groups attached to an aromatic ring is 1. The van der Waals surface area contributed by atoms with Gasteiger partial charge in [0.2, 0.25) is 0 Å². The summed E-state index contributed by atoms with van der Waals surface area (Å²) >= 11 is 1.58. The topological polar surface area (TPSA) is 143 Å². The molecule has 1 amide bonds. The van der Waals surface area contributed by atoms with E-state index >= 15 is 0 Å². The van der Waals surface area contributed by atoms with Crippen LogP contribution in [0.4, 0.5) is 28.6 Å². The molecule has 2 aliphatic rings. The van der Waals surface area contributed by atoms with Crippen molar-refractivity contribution in [1.29, 1.82) is 0 Å². The number of hydrogen-bond donors (Lipinski definition) is 4. The van der Waals surface area contributed by atoms with Gasteiger partial charge in [0.25, 0.3) is 11.5 Å². The second kappa shape index (κ2) is 12.2. The fourth-order valence-corrected chi connectivity index (χ4v) is 7.26. The molecule has 1 saturated heterocycles. The lowest BCUT2D eigenvalue weighted by Crippen LogP contribution is -2.39. The van der Waals surface area contributed by atoms with Gasteiger partial charge in [0.05, 0.1) is 27.9 Å². The maximum Gasteiger partial charge on any atom is 0.308 e. The van der Waals surface area contributed by atoms with E-state index in [-0.39, 0.29) is 17.3 Å². The van der Waals surface area contributed by atoms with Crippen LogP contribution in [-0.2, 0) is 24.7 Å². The summed E-state index contributed by atoms with van der Waals surface area (Å²) in [5.41, 5.74) is 12.1. The Bertz CT molecular complexity index is 1790. The van der Waals surface area contributed by atoms with E-state index in [4.69, 9.17) is 5.73 Å². The molecule has 2 aromatic carbocycles. The van der Waals surface area contributed by atoms with Gasteiger partial charge in [-0.2, -0.15) is 0 Å². The van der Waals surface area contributed by atoms with Crippen molar-refractivity contribution in [2.24, 2.45) is 13.0 Å². The van der Waals surface area contributed by atoms with Gasteiger partial charge in [0.15, 0.2) is 5.82 Å². The summed E-state index contributed by atoms with van der Waals surface area (Å²) < 4.78 is 1.48. The van der Waals surface area contributed by atoms with Gasteiger partial charge in [-0.05, 0) is 86.9 Å². The number of aryl methyl sites for hydroxylation is 3. The average Bonchev–Trinajstić information content (AvgIpc) is 3.45.